The summed E-state index contributed by atoms with van der Waals surface area (Å²) in [4.78, 5) is 3.25. The highest BCUT2D eigenvalue weighted by Gasteiger charge is 2.15. The zero-order valence-corrected chi connectivity index (χ0v) is 12.6. The van der Waals surface area contributed by atoms with E-state index < -0.39 is 0 Å². The highest BCUT2D eigenvalue weighted by Crippen LogP contribution is 2.25. The van der Waals surface area contributed by atoms with E-state index in [0.29, 0.717) is 6.61 Å². The van der Waals surface area contributed by atoms with Gasteiger partial charge in [0, 0.05) is 0 Å². The van der Waals surface area contributed by atoms with Crippen molar-refractivity contribution in [2.24, 2.45) is 0 Å². The molecule has 0 fully saturated rings. The van der Waals surface area contributed by atoms with Gasteiger partial charge in [0.15, 0.2) is 0 Å². The molecule has 0 spiro atoms. The number of hydrogen-bond donors (Lipinski definition) is 3. The first-order valence-corrected chi connectivity index (χ1v) is 7.73. The molecule has 0 atom stereocenters. The predicted octanol–water partition coefficient (Wildman–Crippen LogP) is 0.422. The molecule has 0 unspecified atom stereocenters. The summed E-state index contributed by atoms with van der Waals surface area (Å²) in [6, 6.07) is 20.7. The number of benzene rings is 2. The van der Waals surface area contributed by atoms with Gasteiger partial charge in [-0.1, -0.05) is 60.7 Å². The molecule has 0 aromatic heterocycles. The minimum atomic E-state index is -0.0290. The summed E-state index contributed by atoms with van der Waals surface area (Å²) in [5.41, 5.74) is 2.36. The van der Waals surface area contributed by atoms with Gasteiger partial charge in [-0.3, -0.25) is 15.6 Å². The van der Waals surface area contributed by atoms with E-state index in [2.05, 4.69) is 64.2 Å². The summed E-state index contributed by atoms with van der Waals surface area (Å²) in [5.74, 6) is 1.000. The molecule has 0 saturated heterocycles. The quantitative estimate of drug-likeness (QED) is 0.677. The Morgan fingerprint density at radius 1 is 1.00 bits per heavy atom. The summed E-state index contributed by atoms with van der Waals surface area (Å²) < 4.78 is 6.14. The molecule has 0 amide bonds. The molecule has 2 aromatic carbocycles. The third-order valence-corrected chi connectivity index (χ3v) is 3.62. The van der Waals surface area contributed by atoms with Crippen LogP contribution < -0.4 is 15.6 Å². The van der Waals surface area contributed by atoms with Crippen LogP contribution in [0.5, 0.6) is 0 Å². The average Bonchev–Trinajstić information content (AvgIpc) is 3.10. The van der Waals surface area contributed by atoms with Crippen molar-refractivity contribution in [3.8, 4) is 0 Å². The fraction of sp³-hybridized carbons (Fsp3) is 0.278. The van der Waals surface area contributed by atoms with Gasteiger partial charge in [0.2, 0.25) is 0 Å². The van der Waals surface area contributed by atoms with Gasteiger partial charge in [-0.05, 0) is 11.1 Å². The molecule has 0 bridgehead atoms. The molecule has 4 nitrogen and oxygen atoms in total. The second kappa shape index (κ2) is 7.61. The van der Waals surface area contributed by atoms with Crippen LogP contribution in [0.3, 0.4) is 0 Å². The largest absolute Gasteiger partial charge is 0.365 e. The summed E-state index contributed by atoms with van der Waals surface area (Å²) in [6.45, 7) is 3.35. The van der Waals surface area contributed by atoms with Crippen molar-refractivity contribution < 1.29 is 9.73 Å². The summed E-state index contributed by atoms with van der Waals surface area (Å²) in [6.07, 6.45) is -0.0290. The molecular weight excluding hydrogens is 274 g/mol. The average molecular weight is 296 g/mol. The van der Waals surface area contributed by atoms with Gasteiger partial charge >= 0.3 is 5.96 Å². The molecule has 3 N–H and O–H groups in total. The summed E-state index contributed by atoms with van der Waals surface area (Å²) in [7, 11) is 0. The first-order chi connectivity index (χ1) is 10.9. The second-order valence-corrected chi connectivity index (χ2v) is 5.23. The number of guanidine groups is 1. The zero-order chi connectivity index (χ0) is 15.0. The molecule has 114 valence electrons. The van der Waals surface area contributed by atoms with Crippen LogP contribution in [-0.2, 0) is 4.74 Å². The van der Waals surface area contributed by atoms with E-state index in [9.17, 15) is 0 Å². The highest BCUT2D eigenvalue weighted by molar-refractivity contribution is 5.74. The molecular formula is C18H22N3O+. The maximum atomic E-state index is 6.14. The van der Waals surface area contributed by atoms with E-state index in [1.807, 2.05) is 12.1 Å². The van der Waals surface area contributed by atoms with Crippen LogP contribution >= 0.6 is 0 Å². The minimum Gasteiger partial charge on any atom is -0.365 e. The standard InChI is InChI=1S/C18H21N3O/c1-3-7-15(8-4-1)17(16-9-5-2-6-10-16)22-14-13-21-18-19-11-12-20-18/h1-10,17H,11-14H2,(H2,19,20,21)/p+1. The Morgan fingerprint density at radius 2 is 1.64 bits per heavy atom. The molecule has 1 aliphatic heterocycles. The summed E-state index contributed by atoms with van der Waals surface area (Å²) >= 11 is 0. The van der Waals surface area contributed by atoms with Crippen LogP contribution in [0.4, 0.5) is 0 Å². The van der Waals surface area contributed by atoms with Gasteiger partial charge < -0.3 is 4.74 Å². The maximum absolute atomic E-state index is 6.14. The van der Waals surface area contributed by atoms with Crippen LogP contribution in [0.15, 0.2) is 60.7 Å². The summed E-state index contributed by atoms with van der Waals surface area (Å²) in [5, 5.41) is 6.56. The monoisotopic (exact) mass is 296 g/mol. The SMILES string of the molecule is c1ccc(C(OCCNC2=[NH+]CCN2)c2ccccc2)cc1. The van der Waals surface area contributed by atoms with Gasteiger partial charge in [-0.15, -0.1) is 0 Å². The van der Waals surface area contributed by atoms with E-state index in [4.69, 9.17) is 4.74 Å². The number of hydrogen-bond acceptors (Lipinski definition) is 3. The molecule has 2 aromatic rings. The third-order valence-electron chi connectivity index (χ3n) is 3.62. The molecule has 0 radical (unpaired) electrons. The zero-order valence-electron chi connectivity index (χ0n) is 12.6. The Hall–Kier alpha value is -2.33. The van der Waals surface area contributed by atoms with Crippen molar-refractivity contribution in [1.29, 1.82) is 0 Å². The van der Waals surface area contributed by atoms with E-state index in [1.54, 1.807) is 0 Å². The van der Waals surface area contributed by atoms with Crippen LogP contribution in [0.1, 0.15) is 17.2 Å². The van der Waals surface area contributed by atoms with E-state index >= 15 is 0 Å². The van der Waals surface area contributed by atoms with Gasteiger partial charge in [0.25, 0.3) is 0 Å². The Balaban J connectivity index is 1.62. The van der Waals surface area contributed by atoms with Crippen molar-refractivity contribution in [2.45, 2.75) is 6.10 Å². The Labute approximate surface area is 131 Å². The maximum Gasteiger partial charge on any atom is 0.343 e. The fourth-order valence-corrected chi connectivity index (χ4v) is 2.56. The van der Waals surface area contributed by atoms with E-state index in [-0.39, 0.29) is 6.10 Å². The Morgan fingerprint density at radius 3 is 2.18 bits per heavy atom. The topological polar surface area (TPSA) is 47.3 Å². The molecule has 1 aliphatic rings. The first-order valence-electron chi connectivity index (χ1n) is 7.73. The first kappa shape index (κ1) is 14.6. The van der Waals surface area contributed by atoms with Crippen molar-refractivity contribution in [1.82, 2.24) is 10.6 Å². The number of nitrogens with one attached hydrogen (secondary N) is 3. The van der Waals surface area contributed by atoms with Crippen molar-refractivity contribution in [2.75, 3.05) is 26.2 Å². The second-order valence-electron chi connectivity index (χ2n) is 5.23. The predicted molar refractivity (Wildman–Crippen MR) is 87.5 cm³/mol. The highest BCUT2D eigenvalue weighted by atomic mass is 16.5. The van der Waals surface area contributed by atoms with Crippen molar-refractivity contribution >= 4 is 5.96 Å². The van der Waals surface area contributed by atoms with Gasteiger partial charge in [-0.25, -0.2) is 0 Å². The smallest absolute Gasteiger partial charge is 0.343 e. The fourth-order valence-electron chi connectivity index (χ4n) is 2.56. The number of rotatable bonds is 6. The van der Waals surface area contributed by atoms with Crippen LogP contribution in [0.25, 0.3) is 0 Å². The van der Waals surface area contributed by atoms with E-state index in [1.165, 1.54) is 11.1 Å². The van der Waals surface area contributed by atoms with E-state index in [0.717, 1.165) is 25.6 Å². The van der Waals surface area contributed by atoms with Crippen molar-refractivity contribution in [3.05, 3.63) is 71.8 Å². The molecule has 1 heterocycles. The lowest BCUT2D eigenvalue weighted by Crippen LogP contribution is -2.74. The lowest BCUT2D eigenvalue weighted by molar-refractivity contribution is -0.446. The molecule has 4 heteroatoms. The lowest BCUT2D eigenvalue weighted by atomic mass is 10.0. The third kappa shape index (κ3) is 3.86. The number of ether oxygens (including phenoxy) is 1. The Bertz CT molecular complexity index is 559. The van der Waals surface area contributed by atoms with Gasteiger partial charge in [0.1, 0.15) is 6.10 Å². The molecule has 3 rings (SSSR count). The van der Waals surface area contributed by atoms with Gasteiger partial charge in [0.05, 0.1) is 26.2 Å². The minimum absolute atomic E-state index is 0.0290. The van der Waals surface area contributed by atoms with Crippen molar-refractivity contribution in [3.63, 3.8) is 0 Å². The molecule has 22 heavy (non-hydrogen) atoms. The Kier molecular flexibility index (Phi) is 5.05. The molecule has 0 saturated carbocycles. The van der Waals surface area contributed by atoms with Gasteiger partial charge in [-0.2, -0.15) is 0 Å². The lowest BCUT2D eigenvalue weighted by Gasteiger charge is -2.18. The molecule has 0 aliphatic carbocycles. The normalized spacial score (nSPS) is 13.8. The van der Waals surface area contributed by atoms with Crippen LogP contribution in [-0.4, -0.2) is 32.2 Å². The van der Waals surface area contributed by atoms with Crippen LogP contribution in [0, 0.1) is 0 Å². The van der Waals surface area contributed by atoms with Crippen LogP contribution in [0.2, 0.25) is 0 Å².